The molecule has 1 aliphatic carbocycles. The number of aromatic nitrogens is 2. The number of hydrogen-bond acceptors (Lipinski definition) is 3. The van der Waals surface area contributed by atoms with Crippen LogP contribution in [-0.4, -0.2) is 28.1 Å². The topological polar surface area (TPSA) is 36.3 Å². The lowest BCUT2D eigenvalue weighted by Crippen LogP contribution is -2.41. The second-order valence-corrected chi connectivity index (χ2v) is 6.92. The molecule has 2 heterocycles. The van der Waals surface area contributed by atoms with Crippen molar-refractivity contribution in [1.82, 2.24) is 9.78 Å². The minimum absolute atomic E-state index is 0.289. The predicted octanol–water partition coefficient (Wildman–Crippen LogP) is 1.90. The SMILES string of the molecule is Cc1nn(CC2CC2)cc1B1OC(C)(C)C(C)(C)O1. The molecule has 19 heavy (non-hydrogen) atoms. The molecule has 0 atom stereocenters. The van der Waals surface area contributed by atoms with Gasteiger partial charge in [-0.2, -0.15) is 5.10 Å². The molecule has 1 saturated heterocycles. The molecular weight excluding hydrogens is 239 g/mol. The Labute approximate surface area is 115 Å². The summed E-state index contributed by atoms with van der Waals surface area (Å²) in [6.45, 7) is 11.4. The van der Waals surface area contributed by atoms with Crippen molar-refractivity contribution >= 4 is 12.6 Å². The summed E-state index contributed by atoms with van der Waals surface area (Å²) in [6.07, 6.45) is 4.77. The van der Waals surface area contributed by atoms with Gasteiger partial charge in [0.05, 0.1) is 16.9 Å². The number of rotatable bonds is 3. The van der Waals surface area contributed by atoms with E-state index in [2.05, 4.69) is 39.0 Å². The Balaban J connectivity index is 1.81. The summed E-state index contributed by atoms with van der Waals surface area (Å²) in [6, 6.07) is 0. The Hall–Kier alpha value is -0.805. The highest BCUT2D eigenvalue weighted by Gasteiger charge is 2.52. The molecule has 4 nitrogen and oxygen atoms in total. The standard InChI is InChI=1S/C14H23BN2O2/c1-10-12(9-17(16-10)8-11-6-7-11)15-18-13(2,3)14(4,5)19-15/h9,11H,6-8H2,1-5H3. The number of hydrogen-bond donors (Lipinski definition) is 0. The van der Waals surface area contributed by atoms with Crippen LogP contribution >= 0.6 is 0 Å². The van der Waals surface area contributed by atoms with E-state index in [1.165, 1.54) is 12.8 Å². The molecule has 1 aromatic rings. The quantitative estimate of drug-likeness (QED) is 0.780. The summed E-state index contributed by atoms with van der Waals surface area (Å²) < 4.78 is 14.2. The molecule has 5 heteroatoms. The maximum Gasteiger partial charge on any atom is 0.498 e. The first-order valence-electron chi connectivity index (χ1n) is 7.18. The van der Waals surface area contributed by atoms with Crippen LogP contribution in [0.5, 0.6) is 0 Å². The molecule has 2 aliphatic rings. The summed E-state index contributed by atoms with van der Waals surface area (Å²) in [7, 11) is -0.294. The first-order chi connectivity index (χ1) is 8.78. The van der Waals surface area contributed by atoms with Gasteiger partial charge in [-0.1, -0.05) is 0 Å². The first-order valence-corrected chi connectivity index (χ1v) is 7.18. The molecule has 0 aromatic carbocycles. The Kier molecular flexibility index (Phi) is 2.84. The van der Waals surface area contributed by atoms with Gasteiger partial charge >= 0.3 is 7.12 Å². The monoisotopic (exact) mass is 262 g/mol. The van der Waals surface area contributed by atoms with Crippen molar-refractivity contribution in [3.63, 3.8) is 0 Å². The summed E-state index contributed by atoms with van der Waals surface area (Å²) in [5, 5.41) is 4.59. The van der Waals surface area contributed by atoms with Crippen LogP contribution in [0.1, 0.15) is 46.2 Å². The number of nitrogens with zero attached hydrogens (tertiary/aromatic N) is 2. The normalized spacial score (nSPS) is 25.0. The van der Waals surface area contributed by atoms with Crippen LogP contribution in [0.25, 0.3) is 0 Å². The van der Waals surface area contributed by atoms with Gasteiger partial charge < -0.3 is 9.31 Å². The lowest BCUT2D eigenvalue weighted by atomic mass is 9.79. The van der Waals surface area contributed by atoms with E-state index in [4.69, 9.17) is 9.31 Å². The van der Waals surface area contributed by atoms with Gasteiger partial charge in [0.1, 0.15) is 0 Å². The van der Waals surface area contributed by atoms with Crippen LogP contribution < -0.4 is 5.46 Å². The van der Waals surface area contributed by atoms with Gasteiger partial charge in [0, 0.05) is 18.2 Å². The zero-order valence-electron chi connectivity index (χ0n) is 12.6. The lowest BCUT2D eigenvalue weighted by molar-refractivity contribution is 0.00578. The van der Waals surface area contributed by atoms with Crippen molar-refractivity contribution in [2.75, 3.05) is 0 Å². The van der Waals surface area contributed by atoms with E-state index < -0.39 is 0 Å². The highest BCUT2D eigenvalue weighted by atomic mass is 16.7. The smallest absolute Gasteiger partial charge is 0.399 e. The summed E-state index contributed by atoms with van der Waals surface area (Å²) in [4.78, 5) is 0. The van der Waals surface area contributed by atoms with Crippen LogP contribution in [0.15, 0.2) is 6.20 Å². The Bertz CT molecular complexity index is 476. The molecule has 104 valence electrons. The van der Waals surface area contributed by atoms with E-state index in [0.29, 0.717) is 0 Å². The fourth-order valence-corrected chi connectivity index (χ4v) is 2.39. The minimum Gasteiger partial charge on any atom is -0.399 e. The second kappa shape index (κ2) is 4.09. The van der Waals surface area contributed by atoms with E-state index in [1.54, 1.807) is 0 Å². The van der Waals surface area contributed by atoms with Gasteiger partial charge in [-0.3, -0.25) is 4.68 Å². The van der Waals surface area contributed by atoms with Gasteiger partial charge in [-0.05, 0) is 53.4 Å². The van der Waals surface area contributed by atoms with Crippen molar-refractivity contribution in [3.8, 4) is 0 Å². The molecule has 0 amide bonds. The molecule has 0 N–H and O–H groups in total. The average molecular weight is 262 g/mol. The van der Waals surface area contributed by atoms with Crippen LogP contribution in [0.3, 0.4) is 0 Å². The zero-order chi connectivity index (χ0) is 13.8. The lowest BCUT2D eigenvalue weighted by Gasteiger charge is -2.32. The third-order valence-electron chi connectivity index (χ3n) is 4.63. The maximum atomic E-state index is 6.09. The van der Waals surface area contributed by atoms with Gasteiger partial charge in [0.2, 0.25) is 0 Å². The summed E-state index contributed by atoms with van der Waals surface area (Å²) in [5.41, 5.74) is 1.50. The van der Waals surface area contributed by atoms with Crippen molar-refractivity contribution in [2.24, 2.45) is 5.92 Å². The Morgan fingerprint density at radius 1 is 1.26 bits per heavy atom. The largest absolute Gasteiger partial charge is 0.498 e. The van der Waals surface area contributed by atoms with E-state index >= 15 is 0 Å². The molecule has 1 saturated carbocycles. The van der Waals surface area contributed by atoms with E-state index in [-0.39, 0.29) is 18.3 Å². The summed E-state index contributed by atoms with van der Waals surface area (Å²) >= 11 is 0. The van der Waals surface area contributed by atoms with E-state index in [0.717, 1.165) is 23.6 Å². The first kappa shape index (κ1) is 13.2. The predicted molar refractivity (Wildman–Crippen MR) is 75.4 cm³/mol. The van der Waals surface area contributed by atoms with Crippen LogP contribution in [0.4, 0.5) is 0 Å². The van der Waals surface area contributed by atoms with E-state index in [9.17, 15) is 0 Å². The van der Waals surface area contributed by atoms with Crippen LogP contribution in [-0.2, 0) is 15.9 Å². The van der Waals surface area contributed by atoms with Crippen molar-refractivity contribution in [3.05, 3.63) is 11.9 Å². The van der Waals surface area contributed by atoms with Crippen molar-refractivity contribution in [2.45, 2.75) is 65.2 Å². The Morgan fingerprint density at radius 2 is 1.84 bits per heavy atom. The molecule has 1 aromatic heterocycles. The van der Waals surface area contributed by atoms with Gasteiger partial charge in [0.25, 0.3) is 0 Å². The average Bonchev–Trinajstić information content (AvgIpc) is 2.94. The second-order valence-electron chi connectivity index (χ2n) is 6.92. The molecule has 0 radical (unpaired) electrons. The fraction of sp³-hybridized carbons (Fsp3) is 0.786. The minimum atomic E-state index is -0.294. The molecule has 0 bridgehead atoms. The maximum absolute atomic E-state index is 6.09. The molecule has 0 unspecified atom stereocenters. The van der Waals surface area contributed by atoms with Crippen LogP contribution in [0, 0.1) is 12.8 Å². The third kappa shape index (κ3) is 2.34. The van der Waals surface area contributed by atoms with Crippen molar-refractivity contribution < 1.29 is 9.31 Å². The van der Waals surface area contributed by atoms with Gasteiger partial charge in [-0.25, -0.2) is 0 Å². The van der Waals surface area contributed by atoms with Gasteiger partial charge in [0.15, 0.2) is 0 Å². The highest BCUT2D eigenvalue weighted by Crippen LogP contribution is 2.36. The molecule has 2 fully saturated rings. The van der Waals surface area contributed by atoms with E-state index in [1.807, 2.05) is 11.6 Å². The van der Waals surface area contributed by atoms with Crippen molar-refractivity contribution in [1.29, 1.82) is 0 Å². The number of aryl methyl sites for hydroxylation is 1. The molecule has 0 spiro atoms. The van der Waals surface area contributed by atoms with Gasteiger partial charge in [-0.15, -0.1) is 0 Å². The highest BCUT2D eigenvalue weighted by molar-refractivity contribution is 6.62. The third-order valence-corrected chi connectivity index (χ3v) is 4.63. The zero-order valence-corrected chi connectivity index (χ0v) is 12.6. The van der Waals surface area contributed by atoms with Crippen LogP contribution in [0.2, 0.25) is 0 Å². The fourth-order valence-electron chi connectivity index (χ4n) is 2.39. The molecular formula is C14H23BN2O2. The Morgan fingerprint density at radius 3 is 2.37 bits per heavy atom. The summed E-state index contributed by atoms with van der Waals surface area (Å²) in [5.74, 6) is 0.824. The molecule has 3 rings (SSSR count). The molecule has 1 aliphatic heterocycles.